The maximum Gasteiger partial charge on any atom is 0.173 e. The molecule has 1 nitrogen and oxygen atoms in total. The Hall–Kier alpha value is -0.610. The quantitative estimate of drug-likeness (QED) is 0.777. The fourth-order valence-electron chi connectivity index (χ4n) is 1.26. The lowest BCUT2D eigenvalue weighted by Gasteiger charge is -2.01. The van der Waals surface area contributed by atoms with Crippen LogP contribution in [-0.4, -0.2) is 5.11 Å². The molecule has 0 atom stereocenters. The van der Waals surface area contributed by atoms with Gasteiger partial charge in [0.25, 0.3) is 0 Å². The van der Waals surface area contributed by atoms with E-state index in [-0.39, 0.29) is 5.75 Å². The summed E-state index contributed by atoms with van der Waals surface area (Å²) >= 11 is 4.78. The van der Waals surface area contributed by atoms with Gasteiger partial charge in [0.2, 0.25) is 0 Å². The number of phenolic OH excluding ortho intramolecular Hbond substituents is 1. The Labute approximate surface area is 86.9 Å². The summed E-state index contributed by atoms with van der Waals surface area (Å²) in [5, 5.41) is 12.2. The Morgan fingerprint density at radius 3 is 3.00 bits per heavy atom. The van der Waals surface area contributed by atoms with Crippen LogP contribution in [0.25, 0.3) is 10.1 Å². The van der Waals surface area contributed by atoms with E-state index in [1.54, 1.807) is 6.07 Å². The van der Waals surface area contributed by atoms with E-state index in [0.717, 1.165) is 10.3 Å². The monoisotopic (exact) mass is 260 g/mol. The summed E-state index contributed by atoms with van der Waals surface area (Å²) in [6, 6.07) is 3.14. The summed E-state index contributed by atoms with van der Waals surface area (Å²) in [5.41, 5.74) is 0.920. The molecule has 0 fully saturated rings. The zero-order valence-electron chi connectivity index (χ0n) is 6.55. The molecule has 1 N–H and O–H groups in total. The van der Waals surface area contributed by atoms with Crippen LogP contribution >= 0.6 is 27.3 Å². The molecule has 0 radical (unpaired) electrons. The van der Waals surface area contributed by atoms with Gasteiger partial charge in [-0.1, -0.05) is 15.9 Å². The van der Waals surface area contributed by atoms with E-state index in [9.17, 15) is 9.50 Å². The molecule has 0 amide bonds. The predicted molar refractivity (Wildman–Crippen MR) is 56.1 cm³/mol. The van der Waals surface area contributed by atoms with E-state index in [2.05, 4.69) is 15.9 Å². The van der Waals surface area contributed by atoms with Crippen molar-refractivity contribution in [2.45, 2.75) is 5.33 Å². The average molecular weight is 261 g/mol. The molecule has 1 aromatic heterocycles. The maximum atomic E-state index is 13.3. The molecule has 0 unspecified atom stereocenters. The Morgan fingerprint density at radius 1 is 1.54 bits per heavy atom. The van der Waals surface area contributed by atoms with Crippen molar-refractivity contribution in [1.29, 1.82) is 0 Å². The highest BCUT2D eigenvalue weighted by Crippen LogP contribution is 2.33. The van der Waals surface area contributed by atoms with Crippen molar-refractivity contribution in [3.8, 4) is 5.75 Å². The van der Waals surface area contributed by atoms with Crippen molar-refractivity contribution in [1.82, 2.24) is 0 Å². The van der Waals surface area contributed by atoms with Gasteiger partial charge in [0, 0.05) is 15.4 Å². The van der Waals surface area contributed by atoms with Gasteiger partial charge in [-0.25, -0.2) is 4.39 Å². The topological polar surface area (TPSA) is 20.2 Å². The Morgan fingerprint density at radius 2 is 2.31 bits per heavy atom. The molecule has 1 aromatic carbocycles. The largest absolute Gasteiger partial charge is 0.505 e. The number of fused-ring (bicyclic) bond motifs is 1. The third-order valence-electron chi connectivity index (χ3n) is 1.87. The zero-order valence-corrected chi connectivity index (χ0v) is 8.95. The zero-order chi connectivity index (χ0) is 9.42. The third kappa shape index (κ3) is 1.34. The summed E-state index contributed by atoms with van der Waals surface area (Å²) < 4.78 is 14.2. The van der Waals surface area contributed by atoms with Gasteiger partial charge in [0.15, 0.2) is 11.6 Å². The number of hydrogen-bond donors (Lipinski definition) is 1. The second-order valence-electron chi connectivity index (χ2n) is 2.67. The molecule has 13 heavy (non-hydrogen) atoms. The van der Waals surface area contributed by atoms with Crippen LogP contribution in [0.2, 0.25) is 0 Å². The highest BCUT2D eigenvalue weighted by Gasteiger charge is 2.11. The van der Waals surface area contributed by atoms with E-state index >= 15 is 0 Å². The molecular formula is C9H6BrFOS. The Balaban J connectivity index is 2.87. The van der Waals surface area contributed by atoms with E-state index in [1.165, 1.54) is 17.4 Å². The fourth-order valence-corrected chi connectivity index (χ4v) is 2.80. The molecule has 68 valence electrons. The van der Waals surface area contributed by atoms with Crippen LogP contribution in [0.1, 0.15) is 5.56 Å². The molecule has 0 aliphatic carbocycles. The number of phenols is 1. The van der Waals surface area contributed by atoms with Crippen molar-refractivity contribution in [2.24, 2.45) is 0 Å². The van der Waals surface area contributed by atoms with Gasteiger partial charge in [-0.05, 0) is 23.1 Å². The fraction of sp³-hybridized carbons (Fsp3) is 0.111. The lowest BCUT2D eigenvalue weighted by Crippen LogP contribution is -1.83. The predicted octanol–water partition coefficient (Wildman–Crippen LogP) is 3.64. The Kier molecular flexibility index (Phi) is 2.26. The van der Waals surface area contributed by atoms with Gasteiger partial charge >= 0.3 is 0 Å². The molecule has 0 saturated heterocycles. The molecule has 2 rings (SSSR count). The third-order valence-corrected chi connectivity index (χ3v) is 3.47. The molecule has 2 aromatic rings. The second kappa shape index (κ2) is 3.27. The molecule has 0 aliphatic heterocycles. The van der Waals surface area contributed by atoms with Crippen LogP contribution in [0.3, 0.4) is 0 Å². The number of halogens is 2. The van der Waals surface area contributed by atoms with E-state index in [4.69, 9.17) is 0 Å². The van der Waals surface area contributed by atoms with Crippen LogP contribution in [0.5, 0.6) is 5.75 Å². The van der Waals surface area contributed by atoms with Gasteiger partial charge in [-0.3, -0.25) is 0 Å². The highest BCUT2D eigenvalue weighted by atomic mass is 79.9. The van der Waals surface area contributed by atoms with Gasteiger partial charge in [0.1, 0.15) is 0 Å². The van der Waals surface area contributed by atoms with Crippen LogP contribution in [0.15, 0.2) is 17.5 Å². The number of thiophene rings is 1. The number of alkyl halides is 1. The number of benzene rings is 1. The van der Waals surface area contributed by atoms with Crippen molar-refractivity contribution in [3.63, 3.8) is 0 Å². The highest BCUT2D eigenvalue weighted by molar-refractivity contribution is 9.08. The first-order valence-electron chi connectivity index (χ1n) is 3.67. The maximum absolute atomic E-state index is 13.3. The van der Waals surface area contributed by atoms with Gasteiger partial charge in [-0.2, -0.15) is 0 Å². The van der Waals surface area contributed by atoms with E-state index < -0.39 is 5.82 Å². The van der Waals surface area contributed by atoms with Crippen LogP contribution in [0, 0.1) is 5.82 Å². The van der Waals surface area contributed by atoms with Gasteiger partial charge < -0.3 is 5.11 Å². The summed E-state index contributed by atoms with van der Waals surface area (Å²) in [6.07, 6.45) is 0. The molecule has 1 heterocycles. The summed E-state index contributed by atoms with van der Waals surface area (Å²) in [5.74, 6) is -0.804. The number of hydrogen-bond acceptors (Lipinski definition) is 2. The molecule has 0 bridgehead atoms. The van der Waals surface area contributed by atoms with E-state index in [1.807, 2.05) is 5.38 Å². The first-order valence-corrected chi connectivity index (χ1v) is 5.67. The summed E-state index contributed by atoms with van der Waals surface area (Å²) in [4.78, 5) is 0. The minimum atomic E-state index is -0.527. The second-order valence-corrected chi connectivity index (χ2v) is 4.14. The average Bonchev–Trinajstić information content (AvgIpc) is 2.60. The minimum Gasteiger partial charge on any atom is -0.505 e. The van der Waals surface area contributed by atoms with Gasteiger partial charge in [-0.15, -0.1) is 11.3 Å². The first kappa shape index (κ1) is 8.97. The smallest absolute Gasteiger partial charge is 0.173 e. The summed E-state index contributed by atoms with van der Waals surface area (Å²) in [7, 11) is 0. The lowest BCUT2D eigenvalue weighted by molar-refractivity contribution is 0.436. The van der Waals surface area contributed by atoms with Crippen molar-refractivity contribution >= 4 is 37.4 Å². The normalized spacial score (nSPS) is 10.9. The van der Waals surface area contributed by atoms with Crippen molar-refractivity contribution in [2.75, 3.05) is 0 Å². The molecule has 0 saturated carbocycles. The standard InChI is InChI=1S/C9H6BrFOS/c10-4-5-3-7(12)8(11)6-1-2-13-9(5)6/h1-3,12H,4H2. The molecule has 0 aliphatic rings. The summed E-state index contributed by atoms with van der Waals surface area (Å²) in [6.45, 7) is 0. The number of aromatic hydroxyl groups is 1. The SMILES string of the molecule is Oc1cc(CBr)c2sccc2c1F. The van der Waals surface area contributed by atoms with Crippen LogP contribution < -0.4 is 0 Å². The minimum absolute atomic E-state index is 0.277. The van der Waals surface area contributed by atoms with Crippen molar-refractivity contribution < 1.29 is 9.50 Å². The first-order chi connectivity index (χ1) is 6.24. The lowest BCUT2D eigenvalue weighted by atomic mass is 10.1. The van der Waals surface area contributed by atoms with Crippen molar-refractivity contribution in [3.05, 3.63) is 28.9 Å². The Bertz CT molecular complexity index is 452. The molecule has 4 heteroatoms. The molecular weight excluding hydrogens is 255 g/mol. The molecule has 0 spiro atoms. The van der Waals surface area contributed by atoms with Crippen LogP contribution in [-0.2, 0) is 5.33 Å². The van der Waals surface area contributed by atoms with Crippen LogP contribution in [0.4, 0.5) is 4.39 Å². The number of rotatable bonds is 1. The van der Waals surface area contributed by atoms with Gasteiger partial charge in [0.05, 0.1) is 0 Å². The van der Waals surface area contributed by atoms with E-state index in [0.29, 0.717) is 10.7 Å².